The molecule has 0 radical (unpaired) electrons. The summed E-state index contributed by atoms with van der Waals surface area (Å²) in [4.78, 5) is 11.3. The van der Waals surface area contributed by atoms with Crippen molar-refractivity contribution in [2.24, 2.45) is 0 Å². The van der Waals surface area contributed by atoms with Crippen molar-refractivity contribution in [2.45, 2.75) is 38.2 Å². The highest BCUT2D eigenvalue weighted by Gasteiger charge is 2.10. The zero-order valence-electron chi connectivity index (χ0n) is 10.7. The van der Waals surface area contributed by atoms with Crippen molar-refractivity contribution in [3.63, 3.8) is 0 Å². The van der Waals surface area contributed by atoms with Gasteiger partial charge in [0, 0.05) is 11.0 Å². The summed E-state index contributed by atoms with van der Waals surface area (Å²) in [6.07, 6.45) is 0.490. The second kappa shape index (κ2) is 7.38. The highest BCUT2D eigenvalue weighted by Crippen LogP contribution is 2.20. The van der Waals surface area contributed by atoms with Crippen LogP contribution in [-0.2, 0) is 15.3 Å². The van der Waals surface area contributed by atoms with E-state index in [1.165, 1.54) is 11.1 Å². The SMILES string of the molecule is CCOC(=O)CC(C)SCc1ccc(C)cc1. The molecule has 0 spiro atoms. The van der Waals surface area contributed by atoms with Crippen molar-refractivity contribution in [3.8, 4) is 0 Å². The van der Waals surface area contributed by atoms with Crippen molar-refractivity contribution in [1.29, 1.82) is 0 Å². The Morgan fingerprint density at radius 2 is 2.00 bits per heavy atom. The summed E-state index contributed by atoms with van der Waals surface area (Å²) in [5.41, 5.74) is 2.58. The Bertz CT molecular complexity index is 346. The molecule has 0 aliphatic carbocycles. The molecular weight excluding hydrogens is 232 g/mol. The minimum atomic E-state index is -0.101. The topological polar surface area (TPSA) is 26.3 Å². The van der Waals surface area contributed by atoms with Gasteiger partial charge in [-0.15, -0.1) is 0 Å². The fourth-order valence-electron chi connectivity index (χ4n) is 1.44. The van der Waals surface area contributed by atoms with E-state index in [2.05, 4.69) is 38.1 Å². The number of carbonyl (C=O) groups excluding carboxylic acids is 1. The summed E-state index contributed by atoms with van der Waals surface area (Å²) in [5.74, 6) is 0.845. The van der Waals surface area contributed by atoms with Gasteiger partial charge in [-0.25, -0.2) is 0 Å². The largest absolute Gasteiger partial charge is 0.466 e. The van der Waals surface area contributed by atoms with Crippen molar-refractivity contribution in [3.05, 3.63) is 35.4 Å². The molecule has 2 nitrogen and oxygen atoms in total. The molecule has 0 saturated heterocycles. The number of esters is 1. The quantitative estimate of drug-likeness (QED) is 0.724. The van der Waals surface area contributed by atoms with Crippen molar-refractivity contribution in [1.82, 2.24) is 0 Å². The Balaban J connectivity index is 2.30. The molecule has 0 amide bonds. The van der Waals surface area contributed by atoms with Crippen LogP contribution in [0.25, 0.3) is 0 Å². The number of hydrogen-bond donors (Lipinski definition) is 0. The van der Waals surface area contributed by atoms with Gasteiger partial charge in [0.05, 0.1) is 13.0 Å². The third kappa shape index (κ3) is 5.78. The average molecular weight is 252 g/mol. The number of ether oxygens (including phenoxy) is 1. The first-order chi connectivity index (χ1) is 8.11. The first-order valence-electron chi connectivity index (χ1n) is 5.94. The van der Waals surface area contributed by atoms with Gasteiger partial charge in [-0.1, -0.05) is 36.8 Å². The summed E-state index contributed by atoms with van der Waals surface area (Å²) >= 11 is 1.79. The highest BCUT2D eigenvalue weighted by molar-refractivity contribution is 7.99. The lowest BCUT2D eigenvalue weighted by molar-refractivity contribution is -0.142. The van der Waals surface area contributed by atoms with Crippen LogP contribution in [0.15, 0.2) is 24.3 Å². The molecule has 1 aromatic rings. The van der Waals surface area contributed by atoms with Gasteiger partial charge in [-0.3, -0.25) is 4.79 Å². The molecule has 0 saturated carbocycles. The van der Waals surface area contributed by atoms with Crippen LogP contribution in [0.5, 0.6) is 0 Å². The fraction of sp³-hybridized carbons (Fsp3) is 0.500. The Hall–Kier alpha value is -0.960. The van der Waals surface area contributed by atoms with E-state index in [-0.39, 0.29) is 5.97 Å². The Morgan fingerprint density at radius 3 is 2.59 bits per heavy atom. The number of benzene rings is 1. The Morgan fingerprint density at radius 1 is 1.35 bits per heavy atom. The van der Waals surface area contributed by atoms with Crippen LogP contribution in [0.1, 0.15) is 31.4 Å². The second-order valence-electron chi connectivity index (χ2n) is 4.12. The predicted octanol–water partition coefficient (Wildman–Crippen LogP) is 3.57. The molecule has 0 bridgehead atoms. The molecule has 0 N–H and O–H groups in total. The normalized spacial score (nSPS) is 12.2. The number of aryl methyl sites for hydroxylation is 1. The maximum absolute atomic E-state index is 11.3. The van der Waals surface area contributed by atoms with Crippen LogP contribution in [0.4, 0.5) is 0 Å². The van der Waals surface area contributed by atoms with Crippen LogP contribution in [-0.4, -0.2) is 17.8 Å². The van der Waals surface area contributed by atoms with Gasteiger partial charge in [0.25, 0.3) is 0 Å². The van der Waals surface area contributed by atoms with Gasteiger partial charge in [0.15, 0.2) is 0 Å². The van der Waals surface area contributed by atoms with E-state index < -0.39 is 0 Å². The number of hydrogen-bond acceptors (Lipinski definition) is 3. The first-order valence-corrected chi connectivity index (χ1v) is 6.99. The molecule has 1 unspecified atom stereocenters. The molecule has 94 valence electrons. The molecule has 1 aromatic carbocycles. The lowest BCUT2D eigenvalue weighted by Gasteiger charge is -2.10. The number of thioether (sulfide) groups is 1. The maximum atomic E-state index is 11.3. The van der Waals surface area contributed by atoms with E-state index in [0.717, 1.165) is 5.75 Å². The molecule has 0 heterocycles. The average Bonchev–Trinajstić information content (AvgIpc) is 2.28. The zero-order valence-corrected chi connectivity index (χ0v) is 11.5. The Labute approximate surface area is 108 Å². The standard InChI is InChI=1S/C14H20O2S/c1-4-16-14(15)9-12(3)17-10-13-7-5-11(2)6-8-13/h5-8,12H,4,9-10H2,1-3H3. The molecular formula is C14H20O2S. The highest BCUT2D eigenvalue weighted by atomic mass is 32.2. The summed E-state index contributed by atoms with van der Waals surface area (Å²) in [6.45, 7) is 6.45. The minimum absolute atomic E-state index is 0.101. The predicted molar refractivity (Wildman–Crippen MR) is 73.2 cm³/mol. The van der Waals surface area contributed by atoms with Gasteiger partial charge in [-0.2, -0.15) is 11.8 Å². The lowest BCUT2D eigenvalue weighted by Crippen LogP contribution is -2.10. The monoisotopic (exact) mass is 252 g/mol. The van der Waals surface area contributed by atoms with E-state index in [4.69, 9.17) is 4.74 Å². The molecule has 0 fully saturated rings. The van der Waals surface area contributed by atoms with Gasteiger partial charge in [-0.05, 0) is 19.4 Å². The molecule has 1 rings (SSSR count). The van der Waals surface area contributed by atoms with Crippen molar-refractivity contribution < 1.29 is 9.53 Å². The summed E-state index contributed by atoms with van der Waals surface area (Å²) < 4.78 is 4.93. The summed E-state index contributed by atoms with van der Waals surface area (Å²) in [5, 5.41) is 0.301. The molecule has 17 heavy (non-hydrogen) atoms. The van der Waals surface area contributed by atoms with E-state index in [9.17, 15) is 4.79 Å². The van der Waals surface area contributed by atoms with Gasteiger partial charge in [0.1, 0.15) is 0 Å². The van der Waals surface area contributed by atoms with E-state index in [1.54, 1.807) is 11.8 Å². The molecule has 0 aliphatic heterocycles. The van der Waals surface area contributed by atoms with Crippen LogP contribution >= 0.6 is 11.8 Å². The van der Waals surface area contributed by atoms with E-state index in [1.807, 2.05) is 6.92 Å². The van der Waals surface area contributed by atoms with Crippen molar-refractivity contribution in [2.75, 3.05) is 6.61 Å². The third-order valence-electron chi connectivity index (χ3n) is 2.41. The van der Waals surface area contributed by atoms with Gasteiger partial charge in [0.2, 0.25) is 0 Å². The van der Waals surface area contributed by atoms with Crippen LogP contribution in [0, 0.1) is 6.92 Å². The minimum Gasteiger partial charge on any atom is -0.466 e. The van der Waals surface area contributed by atoms with E-state index in [0.29, 0.717) is 18.3 Å². The number of carbonyl (C=O) groups is 1. The van der Waals surface area contributed by atoms with Gasteiger partial charge >= 0.3 is 5.97 Å². The lowest BCUT2D eigenvalue weighted by atomic mass is 10.2. The molecule has 0 aromatic heterocycles. The molecule has 1 atom stereocenters. The Kier molecular flexibility index (Phi) is 6.12. The van der Waals surface area contributed by atoms with E-state index >= 15 is 0 Å². The van der Waals surface area contributed by atoms with Crippen LogP contribution in [0.2, 0.25) is 0 Å². The van der Waals surface area contributed by atoms with Gasteiger partial charge < -0.3 is 4.74 Å². The third-order valence-corrected chi connectivity index (χ3v) is 3.65. The number of rotatable bonds is 6. The van der Waals surface area contributed by atoms with Crippen molar-refractivity contribution >= 4 is 17.7 Å². The maximum Gasteiger partial charge on any atom is 0.306 e. The van der Waals surface area contributed by atoms with Crippen LogP contribution in [0.3, 0.4) is 0 Å². The molecule has 0 aliphatic rings. The summed E-state index contributed by atoms with van der Waals surface area (Å²) in [7, 11) is 0. The zero-order chi connectivity index (χ0) is 12.7. The fourth-order valence-corrected chi connectivity index (χ4v) is 2.36. The summed E-state index contributed by atoms with van der Waals surface area (Å²) in [6, 6.07) is 8.51. The van der Waals surface area contributed by atoms with Crippen LogP contribution < -0.4 is 0 Å². The molecule has 3 heteroatoms. The second-order valence-corrected chi connectivity index (χ2v) is 5.54. The first kappa shape index (κ1) is 14.1. The smallest absolute Gasteiger partial charge is 0.306 e.